The maximum absolute atomic E-state index is 13.0. The molecule has 4 rings (SSSR count). The molecule has 12 heteroatoms. The lowest BCUT2D eigenvalue weighted by atomic mass is 10.1. The molecule has 12 nitrogen and oxygen atoms in total. The topological polar surface area (TPSA) is 177 Å². The Bertz CT molecular complexity index is 1370. The fourth-order valence-electron chi connectivity index (χ4n) is 3.50. The van der Waals surface area contributed by atoms with Crippen molar-refractivity contribution in [2.75, 3.05) is 30.1 Å². The predicted molar refractivity (Wildman–Crippen MR) is 136 cm³/mol. The molecule has 0 bridgehead atoms. The lowest BCUT2D eigenvalue weighted by molar-refractivity contribution is -0.117. The van der Waals surface area contributed by atoms with Gasteiger partial charge in [0.05, 0.1) is 24.0 Å². The molecule has 1 aliphatic rings. The highest BCUT2D eigenvalue weighted by atomic mass is 16.5. The fourth-order valence-corrected chi connectivity index (χ4v) is 3.50. The van der Waals surface area contributed by atoms with Crippen molar-refractivity contribution in [3.8, 4) is 5.75 Å². The summed E-state index contributed by atoms with van der Waals surface area (Å²) in [6.07, 6.45) is 1.64. The summed E-state index contributed by atoms with van der Waals surface area (Å²) < 4.78 is 5.53. The summed E-state index contributed by atoms with van der Waals surface area (Å²) in [5.74, 6) is -1.36. The second kappa shape index (κ2) is 10.7. The number of hydrogen-bond donors (Lipinski definition) is 5. The Morgan fingerprint density at radius 3 is 2.30 bits per heavy atom. The number of carbonyl (C=O) groups is 4. The Balaban J connectivity index is 1.62. The average molecular weight is 504 g/mol. The molecule has 1 heterocycles. The number of benzene rings is 2. The van der Waals surface area contributed by atoms with E-state index in [1.165, 1.54) is 32.4 Å². The van der Waals surface area contributed by atoms with Crippen LogP contribution in [0, 0.1) is 5.92 Å². The number of hydrogen-bond acceptors (Lipinski definition) is 8. The van der Waals surface area contributed by atoms with Gasteiger partial charge in [0.25, 0.3) is 11.8 Å². The maximum Gasteiger partial charge on any atom is 0.273 e. The van der Waals surface area contributed by atoms with Crippen LogP contribution in [-0.2, 0) is 4.79 Å². The van der Waals surface area contributed by atoms with Gasteiger partial charge in [0.15, 0.2) is 17.3 Å². The van der Waals surface area contributed by atoms with Crippen molar-refractivity contribution in [2.45, 2.75) is 12.8 Å². The number of nitrogens with two attached hydrogens (primary N) is 1. The molecule has 3 aromatic rings. The maximum atomic E-state index is 13.0. The third-order valence-electron chi connectivity index (χ3n) is 5.60. The largest absolute Gasteiger partial charge is 0.494 e. The summed E-state index contributed by atoms with van der Waals surface area (Å²) in [5, 5.41) is 18.9. The van der Waals surface area contributed by atoms with Gasteiger partial charge in [-0.1, -0.05) is 6.07 Å². The molecule has 190 valence electrons. The number of amides is 4. The van der Waals surface area contributed by atoms with E-state index in [0.717, 1.165) is 12.8 Å². The highest BCUT2D eigenvalue weighted by Crippen LogP contribution is 2.34. The summed E-state index contributed by atoms with van der Waals surface area (Å²) in [4.78, 5) is 48.9. The van der Waals surface area contributed by atoms with Crippen LogP contribution in [0.1, 0.15) is 44.0 Å². The first-order chi connectivity index (χ1) is 17.8. The molecule has 0 radical (unpaired) electrons. The standard InChI is InChI=1S/C25H25N7O5/c1-27-25(36)20-18(12-19(31-32-20)30-23(34)14-6-7-14)29-17-5-3-4-16(21(17)37-2)24(35)28-15-10-8-13(9-11-15)22(26)33/h3-5,8-12,14H,6-7H2,1-2H3,(H2,26,33)(H,27,36)(H,28,35)(H2,29,30,31,34). The number of nitrogens with one attached hydrogen (secondary N) is 4. The SMILES string of the molecule is CNC(=O)c1nnc(NC(=O)C2CC2)cc1Nc1cccc(C(=O)Nc2ccc(C(N)=O)cc2)c1OC. The van der Waals surface area contributed by atoms with Crippen LogP contribution in [0.15, 0.2) is 48.5 Å². The summed E-state index contributed by atoms with van der Waals surface area (Å²) in [5.41, 5.74) is 6.83. The molecule has 0 aliphatic heterocycles. The molecule has 1 saturated carbocycles. The van der Waals surface area contributed by atoms with Gasteiger partial charge in [0, 0.05) is 30.3 Å². The van der Waals surface area contributed by atoms with Crippen molar-refractivity contribution >= 4 is 46.5 Å². The third kappa shape index (κ3) is 5.81. The quantitative estimate of drug-likeness (QED) is 0.295. The molecule has 4 amide bonds. The normalized spacial score (nSPS) is 12.3. The van der Waals surface area contributed by atoms with E-state index in [1.54, 1.807) is 30.3 Å². The van der Waals surface area contributed by atoms with Crippen molar-refractivity contribution in [3.63, 3.8) is 0 Å². The number of anilines is 4. The van der Waals surface area contributed by atoms with E-state index >= 15 is 0 Å². The van der Waals surface area contributed by atoms with Crippen LogP contribution < -0.4 is 31.7 Å². The number of rotatable bonds is 9. The summed E-state index contributed by atoms with van der Waals surface area (Å²) >= 11 is 0. The first kappa shape index (κ1) is 25.1. The fraction of sp³-hybridized carbons (Fsp3) is 0.200. The molecule has 1 fully saturated rings. The molecule has 6 N–H and O–H groups in total. The van der Waals surface area contributed by atoms with Gasteiger partial charge in [-0.15, -0.1) is 10.2 Å². The molecule has 0 atom stereocenters. The number of para-hydroxylation sites is 1. The third-order valence-corrected chi connectivity index (χ3v) is 5.60. The Morgan fingerprint density at radius 1 is 0.946 bits per heavy atom. The Kier molecular flexibility index (Phi) is 7.28. The van der Waals surface area contributed by atoms with Crippen molar-refractivity contribution in [2.24, 2.45) is 11.7 Å². The molecular formula is C25H25N7O5. The first-order valence-corrected chi connectivity index (χ1v) is 11.4. The van der Waals surface area contributed by atoms with Gasteiger partial charge in [-0.25, -0.2) is 0 Å². The van der Waals surface area contributed by atoms with Gasteiger partial charge in [0.2, 0.25) is 11.8 Å². The smallest absolute Gasteiger partial charge is 0.273 e. The van der Waals surface area contributed by atoms with E-state index in [2.05, 4.69) is 31.5 Å². The number of ether oxygens (including phenoxy) is 1. The minimum atomic E-state index is -0.574. The van der Waals surface area contributed by atoms with Crippen LogP contribution in [0.5, 0.6) is 5.75 Å². The molecule has 0 saturated heterocycles. The van der Waals surface area contributed by atoms with Crippen molar-refractivity contribution in [1.82, 2.24) is 15.5 Å². The van der Waals surface area contributed by atoms with Gasteiger partial charge in [-0.05, 0) is 49.2 Å². The van der Waals surface area contributed by atoms with Crippen molar-refractivity contribution in [3.05, 3.63) is 65.4 Å². The van der Waals surface area contributed by atoms with Gasteiger partial charge < -0.3 is 31.7 Å². The van der Waals surface area contributed by atoms with Gasteiger partial charge >= 0.3 is 0 Å². The van der Waals surface area contributed by atoms with Crippen molar-refractivity contribution < 1.29 is 23.9 Å². The Labute approximate surface area is 212 Å². The molecule has 1 aromatic heterocycles. The molecular weight excluding hydrogens is 478 g/mol. The zero-order chi connectivity index (χ0) is 26.5. The average Bonchev–Trinajstić information content (AvgIpc) is 3.74. The highest BCUT2D eigenvalue weighted by Gasteiger charge is 2.30. The van der Waals surface area contributed by atoms with E-state index in [0.29, 0.717) is 16.9 Å². The molecule has 2 aromatic carbocycles. The number of methoxy groups -OCH3 is 1. The van der Waals surface area contributed by atoms with E-state index in [4.69, 9.17) is 10.5 Å². The number of nitrogens with zero attached hydrogens (tertiary/aromatic N) is 2. The number of primary amides is 1. The lowest BCUT2D eigenvalue weighted by Gasteiger charge is -2.17. The van der Waals surface area contributed by atoms with E-state index in [1.807, 2.05) is 0 Å². The minimum Gasteiger partial charge on any atom is -0.494 e. The molecule has 0 unspecified atom stereocenters. The molecule has 0 spiro atoms. The van der Waals surface area contributed by atoms with Crippen LogP contribution >= 0.6 is 0 Å². The van der Waals surface area contributed by atoms with E-state index < -0.39 is 17.7 Å². The van der Waals surface area contributed by atoms with Gasteiger partial charge in [-0.3, -0.25) is 19.2 Å². The minimum absolute atomic E-state index is 0.0154. The second-order valence-corrected chi connectivity index (χ2v) is 8.24. The summed E-state index contributed by atoms with van der Waals surface area (Å²) in [6.45, 7) is 0. The number of aromatic nitrogens is 2. The molecule has 37 heavy (non-hydrogen) atoms. The Hall–Kier alpha value is -5.00. The van der Waals surface area contributed by atoms with Crippen LogP contribution in [0.4, 0.5) is 22.9 Å². The predicted octanol–water partition coefficient (Wildman–Crippen LogP) is 2.29. The Morgan fingerprint density at radius 2 is 1.68 bits per heavy atom. The lowest BCUT2D eigenvalue weighted by Crippen LogP contribution is -2.22. The van der Waals surface area contributed by atoms with Gasteiger partial charge in [-0.2, -0.15) is 0 Å². The van der Waals surface area contributed by atoms with Crippen LogP contribution in [0.25, 0.3) is 0 Å². The van der Waals surface area contributed by atoms with Crippen LogP contribution in [-0.4, -0.2) is 48.0 Å². The van der Waals surface area contributed by atoms with E-state index in [-0.39, 0.29) is 40.3 Å². The van der Waals surface area contributed by atoms with Crippen LogP contribution in [0.2, 0.25) is 0 Å². The van der Waals surface area contributed by atoms with Gasteiger partial charge in [0.1, 0.15) is 0 Å². The van der Waals surface area contributed by atoms with E-state index in [9.17, 15) is 19.2 Å². The zero-order valence-corrected chi connectivity index (χ0v) is 20.1. The second-order valence-electron chi connectivity index (χ2n) is 8.24. The summed E-state index contributed by atoms with van der Waals surface area (Å²) in [6, 6.07) is 12.5. The monoisotopic (exact) mass is 503 g/mol. The van der Waals surface area contributed by atoms with Crippen LogP contribution in [0.3, 0.4) is 0 Å². The van der Waals surface area contributed by atoms with Crippen molar-refractivity contribution in [1.29, 1.82) is 0 Å². The summed E-state index contributed by atoms with van der Waals surface area (Å²) in [7, 11) is 2.86. The number of carbonyl (C=O) groups excluding carboxylic acids is 4. The molecule has 1 aliphatic carbocycles. The highest BCUT2D eigenvalue weighted by molar-refractivity contribution is 6.08. The zero-order valence-electron chi connectivity index (χ0n) is 20.1. The first-order valence-electron chi connectivity index (χ1n) is 11.4.